The number of thiophene rings is 1. The Morgan fingerprint density at radius 2 is 2.17 bits per heavy atom. The van der Waals surface area contributed by atoms with Crippen LogP contribution in [0.4, 0.5) is 5.82 Å². The van der Waals surface area contributed by atoms with Gasteiger partial charge in [-0.2, -0.15) is 0 Å². The average molecular weight is 263 g/mol. The summed E-state index contributed by atoms with van der Waals surface area (Å²) in [5, 5.41) is 18.4. The fourth-order valence-electron chi connectivity index (χ4n) is 1.51. The molecule has 2 rings (SSSR count). The maximum atomic E-state index is 10.7. The molecular formula is C12H13N3O2S. The van der Waals surface area contributed by atoms with Crippen LogP contribution in [0.2, 0.25) is 0 Å². The van der Waals surface area contributed by atoms with Gasteiger partial charge in [0.15, 0.2) is 11.5 Å². The zero-order valence-electron chi connectivity index (χ0n) is 10.1. The van der Waals surface area contributed by atoms with Crippen molar-refractivity contribution in [2.75, 3.05) is 11.9 Å². The highest BCUT2D eigenvalue weighted by molar-refractivity contribution is 7.10. The first-order valence-corrected chi connectivity index (χ1v) is 6.27. The van der Waals surface area contributed by atoms with E-state index in [9.17, 15) is 4.79 Å². The fourth-order valence-corrected chi connectivity index (χ4v) is 2.46. The van der Waals surface area contributed by atoms with E-state index >= 15 is 0 Å². The van der Waals surface area contributed by atoms with Crippen LogP contribution >= 0.6 is 11.3 Å². The summed E-state index contributed by atoms with van der Waals surface area (Å²) < 4.78 is 0. The molecule has 2 aromatic rings. The molecule has 6 heteroatoms. The Bertz CT molecular complexity index is 551. The van der Waals surface area contributed by atoms with Gasteiger partial charge in [0.25, 0.3) is 0 Å². The molecule has 0 aliphatic rings. The Balaban J connectivity index is 2.12. The first-order chi connectivity index (χ1) is 8.58. The van der Waals surface area contributed by atoms with E-state index in [2.05, 4.69) is 28.6 Å². The highest BCUT2D eigenvalue weighted by Gasteiger charge is 2.09. The third-order valence-corrected chi connectivity index (χ3v) is 3.62. The Labute approximate surface area is 109 Å². The van der Waals surface area contributed by atoms with Gasteiger partial charge in [-0.15, -0.1) is 21.5 Å². The zero-order chi connectivity index (χ0) is 13.1. The first kappa shape index (κ1) is 12.5. The van der Waals surface area contributed by atoms with Crippen LogP contribution in [-0.2, 0) is 6.54 Å². The van der Waals surface area contributed by atoms with E-state index in [-0.39, 0.29) is 5.69 Å². The van der Waals surface area contributed by atoms with E-state index in [4.69, 9.17) is 5.11 Å². The molecular weight excluding hydrogens is 250 g/mol. The average Bonchev–Trinajstić information content (AvgIpc) is 2.75. The van der Waals surface area contributed by atoms with Gasteiger partial charge in [0.1, 0.15) is 0 Å². The van der Waals surface area contributed by atoms with Gasteiger partial charge in [-0.3, -0.25) is 0 Å². The minimum absolute atomic E-state index is 0.0422. The monoisotopic (exact) mass is 263 g/mol. The Morgan fingerprint density at radius 1 is 1.39 bits per heavy atom. The third-order valence-electron chi connectivity index (χ3n) is 2.61. The van der Waals surface area contributed by atoms with Gasteiger partial charge >= 0.3 is 5.97 Å². The molecule has 0 aliphatic heterocycles. The zero-order valence-corrected chi connectivity index (χ0v) is 10.9. The molecule has 2 aromatic heterocycles. The van der Waals surface area contributed by atoms with Crippen molar-refractivity contribution in [3.8, 4) is 0 Å². The van der Waals surface area contributed by atoms with Crippen molar-refractivity contribution < 1.29 is 9.90 Å². The van der Waals surface area contributed by atoms with Gasteiger partial charge in [-0.1, -0.05) is 0 Å². The smallest absolute Gasteiger partial charge is 0.356 e. The molecule has 0 unspecified atom stereocenters. The number of rotatable bonds is 4. The van der Waals surface area contributed by atoms with E-state index in [1.807, 2.05) is 11.9 Å². The van der Waals surface area contributed by atoms with Crippen molar-refractivity contribution in [3.05, 3.63) is 39.7 Å². The van der Waals surface area contributed by atoms with Crippen molar-refractivity contribution >= 4 is 23.1 Å². The molecule has 0 fully saturated rings. The second kappa shape index (κ2) is 5.14. The van der Waals surface area contributed by atoms with Crippen molar-refractivity contribution in [1.29, 1.82) is 0 Å². The predicted molar refractivity (Wildman–Crippen MR) is 70.2 cm³/mol. The number of carboxylic acids is 1. The topological polar surface area (TPSA) is 66.3 Å². The van der Waals surface area contributed by atoms with Crippen LogP contribution in [0.25, 0.3) is 0 Å². The molecule has 1 N–H and O–H groups in total. The molecule has 0 saturated carbocycles. The third kappa shape index (κ3) is 2.65. The summed E-state index contributed by atoms with van der Waals surface area (Å²) in [4.78, 5) is 13.9. The van der Waals surface area contributed by atoms with Gasteiger partial charge < -0.3 is 10.0 Å². The van der Waals surface area contributed by atoms with E-state index < -0.39 is 5.97 Å². The summed E-state index contributed by atoms with van der Waals surface area (Å²) in [5.74, 6) is -0.404. The SMILES string of the molecule is Cc1ccsc1CN(C)c1ccc(C(=O)O)nn1. The fraction of sp³-hybridized carbons (Fsp3) is 0.250. The summed E-state index contributed by atoms with van der Waals surface area (Å²) in [6.45, 7) is 2.81. The lowest BCUT2D eigenvalue weighted by molar-refractivity contribution is 0.0689. The molecule has 0 spiro atoms. The van der Waals surface area contributed by atoms with Crippen LogP contribution in [0.1, 0.15) is 20.9 Å². The quantitative estimate of drug-likeness (QED) is 0.915. The molecule has 0 amide bonds. The number of hydrogen-bond acceptors (Lipinski definition) is 5. The van der Waals surface area contributed by atoms with Crippen molar-refractivity contribution in [1.82, 2.24) is 10.2 Å². The van der Waals surface area contributed by atoms with Crippen LogP contribution < -0.4 is 4.90 Å². The Kier molecular flexibility index (Phi) is 3.57. The minimum atomic E-state index is -1.06. The summed E-state index contributed by atoms with van der Waals surface area (Å²) in [5.41, 5.74) is 1.21. The van der Waals surface area contributed by atoms with Crippen LogP contribution in [0.5, 0.6) is 0 Å². The van der Waals surface area contributed by atoms with Gasteiger partial charge in [-0.25, -0.2) is 4.79 Å². The van der Waals surface area contributed by atoms with Gasteiger partial charge in [0.05, 0.1) is 6.54 Å². The lowest BCUT2D eigenvalue weighted by Gasteiger charge is -2.16. The van der Waals surface area contributed by atoms with Crippen LogP contribution in [0.15, 0.2) is 23.6 Å². The molecule has 94 valence electrons. The lowest BCUT2D eigenvalue weighted by Crippen LogP contribution is -2.18. The number of anilines is 1. The predicted octanol–water partition coefficient (Wildman–Crippen LogP) is 2.18. The largest absolute Gasteiger partial charge is 0.476 e. The number of aromatic nitrogens is 2. The van der Waals surface area contributed by atoms with Crippen molar-refractivity contribution in [3.63, 3.8) is 0 Å². The minimum Gasteiger partial charge on any atom is -0.476 e. The number of aryl methyl sites for hydroxylation is 1. The molecule has 0 aromatic carbocycles. The summed E-state index contributed by atoms with van der Waals surface area (Å²) >= 11 is 1.70. The second-order valence-corrected chi connectivity index (χ2v) is 4.97. The number of carbonyl (C=O) groups is 1. The second-order valence-electron chi connectivity index (χ2n) is 3.96. The standard InChI is InChI=1S/C12H13N3O2S/c1-8-5-6-18-10(8)7-15(2)11-4-3-9(12(16)17)13-14-11/h3-6H,7H2,1-2H3,(H,16,17). The van der Waals surface area contributed by atoms with E-state index in [0.29, 0.717) is 5.82 Å². The molecule has 0 saturated heterocycles. The summed E-state index contributed by atoms with van der Waals surface area (Å²) in [6, 6.07) is 5.20. The number of nitrogens with zero attached hydrogens (tertiary/aromatic N) is 3. The number of aromatic carboxylic acids is 1. The van der Waals surface area contributed by atoms with Crippen molar-refractivity contribution in [2.45, 2.75) is 13.5 Å². The highest BCUT2D eigenvalue weighted by Crippen LogP contribution is 2.19. The molecule has 0 radical (unpaired) electrons. The molecule has 0 aliphatic carbocycles. The van der Waals surface area contributed by atoms with E-state index in [1.165, 1.54) is 16.5 Å². The van der Waals surface area contributed by atoms with Crippen LogP contribution in [-0.4, -0.2) is 28.3 Å². The van der Waals surface area contributed by atoms with Gasteiger partial charge in [-0.05, 0) is 36.1 Å². The molecule has 5 nitrogen and oxygen atoms in total. The maximum absolute atomic E-state index is 10.7. The van der Waals surface area contributed by atoms with Crippen LogP contribution in [0.3, 0.4) is 0 Å². The molecule has 18 heavy (non-hydrogen) atoms. The molecule has 0 bridgehead atoms. The van der Waals surface area contributed by atoms with Gasteiger partial charge in [0, 0.05) is 11.9 Å². The van der Waals surface area contributed by atoms with Crippen molar-refractivity contribution in [2.24, 2.45) is 0 Å². The normalized spacial score (nSPS) is 10.3. The Hall–Kier alpha value is -1.95. The first-order valence-electron chi connectivity index (χ1n) is 5.39. The number of hydrogen-bond donors (Lipinski definition) is 1. The van der Waals surface area contributed by atoms with Crippen LogP contribution in [0, 0.1) is 6.92 Å². The molecule has 2 heterocycles. The van der Waals surface area contributed by atoms with E-state index in [1.54, 1.807) is 17.4 Å². The number of carboxylic acid groups (broad SMARTS) is 1. The maximum Gasteiger partial charge on any atom is 0.356 e. The summed E-state index contributed by atoms with van der Waals surface area (Å²) in [6.07, 6.45) is 0. The molecule has 0 atom stereocenters. The highest BCUT2D eigenvalue weighted by atomic mass is 32.1. The summed E-state index contributed by atoms with van der Waals surface area (Å²) in [7, 11) is 1.91. The Morgan fingerprint density at radius 3 is 2.67 bits per heavy atom. The van der Waals surface area contributed by atoms with E-state index in [0.717, 1.165) is 6.54 Å². The lowest BCUT2D eigenvalue weighted by atomic mass is 10.3. The van der Waals surface area contributed by atoms with Gasteiger partial charge in [0.2, 0.25) is 0 Å².